The summed E-state index contributed by atoms with van der Waals surface area (Å²) < 4.78 is 6.36. The van der Waals surface area contributed by atoms with Crippen LogP contribution in [-0.2, 0) is 0 Å². The molecule has 0 aliphatic carbocycles. The van der Waals surface area contributed by atoms with Gasteiger partial charge >= 0.3 is 0 Å². The fourth-order valence-electron chi connectivity index (χ4n) is 1.73. The average molecular weight is 398 g/mol. The minimum Gasteiger partial charge on any atom is -0.492 e. The Balaban J connectivity index is 2.40. The summed E-state index contributed by atoms with van der Waals surface area (Å²) in [5.74, 6) is 0.812. The number of hydrogen-bond donors (Lipinski definition) is 2. The summed E-state index contributed by atoms with van der Waals surface area (Å²) in [5.41, 5.74) is 5.31. The number of benzene rings is 1. The van der Waals surface area contributed by atoms with Gasteiger partial charge in [-0.05, 0) is 41.3 Å². The van der Waals surface area contributed by atoms with E-state index in [-0.39, 0.29) is 11.3 Å². The lowest BCUT2D eigenvalue weighted by Crippen LogP contribution is -2.31. The molecule has 1 aromatic carbocycles. The quantitative estimate of drug-likeness (QED) is 0.168. The zero-order chi connectivity index (χ0) is 16.0. The fourth-order valence-corrected chi connectivity index (χ4v) is 2.58. The van der Waals surface area contributed by atoms with E-state index in [0.717, 1.165) is 23.7 Å². The Bertz CT molecular complexity index is 522. The molecule has 4 nitrogen and oxygen atoms in total. The summed E-state index contributed by atoms with van der Waals surface area (Å²) >= 11 is 15.4. The van der Waals surface area contributed by atoms with Crippen molar-refractivity contribution in [1.82, 2.24) is 0 Å². The van der Waals surface area contributed by atoms with E-state index in [0.29, 0.717) is 22.4 Å². The molecule has 0 aliphatic heterocycles. The first kappa shape index (κ1) is 18.4. The van der Waals surface area contributed by atoms with Gasteiger partial charge in [0.05, 0.1) is 16.7 Å². The summed E-state index contributed by atoms with van der Waals surface area (Å²) in [6, 6.07) is 3.40. The molecule has 118 valence electrons. The summed E-state index contributed by atoms with van der Waals surface area (Å²) in [4.78, 5) is 0. The molecule has 21 heavy (non-hydrogen) atoms. The van der Waals surface area contributed by atoms with Crippen molar-refractivity contribution in [3.63, 3.8) is 0 Å². The van der Waals surface area contributed by atoms with Crippen LogP contribution in [0.3, 0.4) is 0 Å². The van der Waals surface area contributed by atoms with Crippen LogP contribution in [0.2, 0.25) is 10.0 Å². The lowest BCUT2D eigenvalue weighted by molar-refractivity contribution is 0.288. The molecule has 0 saturated heterocycles. The Hall–Kier alpha value is -0.650. The molecule has 0 atom stereocenters. The van der Waals surface area contributed by atoms with Gasteiger partial charge in [0, 0.05) is 16.0 Å². The van der Waals surface area contributed by atoms with Crippen LogP contribution in [0.1, 0.15) is 33.1 Å². The van der Waals surface area contributed by atoms with Gasteiger partial charge in [0.2, 0.25) is 0 Å². The van der Waals surface area contributed by atoms with Crippen molar-refractivity contribution in [2.45, 2.75) is 33.1 Å². The van der Waals surface area contributed by atoms with E-state index in [1.165, 1.54) is 0 Å². The third kappa shape index (κ3) is 5.57. The molecule has 0 fully saturated rings. The summed E-state index contributed by atoms with van der Waals surface area (Å²) in [6.45, 7) is 4.41. The predicted molar refractivity (Wildman–Crippen MR) is 90.7 cm³/mol. The van der Waals surface area contributed by atoms with Gasteiger partial charge in [-0.25, -0.2) is 0 Å². The second-order valence-electron chi connectivity index (χ2n) is 5.37. The number of amidine groups is 1. The van der Waals surface area contributed by atoms with E-state index < -0.39 is 0 Å². The smallest absolute Gasteiger partial charge is 0.144 e. The lowest BCUT2D eigenvalue weighted by Gasteiger charge is -2.22. The molecule has 0 radical (unpaired) electrons. The zero-order valence-corrected chi connectivity index (χ0v) is 15.1. The highest BCUT2D eigenvalue weighted by atomic mass is 79.9. The van der Waals surface area contributed by atoms with Crippen LogP contribution in [0.15, 0.2) is 21.8 Å². The standard InChI is InChI=1S/C14H19BrCl2N2O2/c1-14(2,13(18)19-20)5-3-4-6-21-12-8-10(16)9(15)7-11(12)17/h7-8,20H,3-6H2,1-2H3,(H2,18,19). The predicted octanol–water partition coefficient (Wildman–Crippen LogP) is 5.08. The number of unbranched alkanes of at least 4 members (excludes halogenated alkanes) is 1. The van der Waals surface area contributed by atoms with Gasteiger partial charge in [0.1, 0.15) is 11.6 Å². The number of ether oxygens (including phenoxy) is 1. The first-order chi connectivity index (χ1) is 9.77. The van der Waals surface area contributed by atoms with E-state index >= 15 is 0 Å². The minimum atomic E-state index is -0.326. The maximum Gasteiger partial charge on any atom is 0.144 e. The van der Waals surface area contributed by atoms with Gasteiger partial charge in [0.25, 0.3) is 0 Å². The summed E-state index contributed by atoms with van der Waals surface area (Å²) in [7, 11) is 0. The number of rotatable bonds is 7. The molecule has 0 saturated carbocycles. The molecule has 1 rings (SSSR count). The molecule has 0 amide bonds. The SMILES string of the molecule is CC(C)(CCCCOc1cc(Cl)c(Br)cc1Cl)/C(N)=N/O. The third-order valence-corrected chi connectivity index (χ3v) is 4.72. The molecule has 0 spiro atoms. The van der Waals surface area contributed by atoms with Crippen LogP contribution in [0.5, 0.6) is 5.75 Å². The highest BCUT2D eigenvalue weighted by Crippen LogP contribution is 2.34. The van der Waals surface area contributed by atoms with Crippen molar-refractivity contribution >= 4 is 45.0 Å². The zero-order valence-electron chi connectivity index (χ0n) is 12.0. The molecular weight excluding hydrogens is 379 g/mol. The topological polar surface area (TPSA) is 67.8 Å². The molecule has 3 N–H and O–H groups in total. The number of nitrogens with two attached hydrogens (primary N) is 1. The Morgan fingerprint density at radius 3 is 2.62 bits per heavy atom. The second kappa shape index (κ2) is 8.11. The van der Waals surface area contributed by atoms with E-state index in [4.69, 9.17) is 38.9 Å². The third-order valence-electron chi connectivity index (χ3n) is 3.23. The van der Waals surface area contributed by atoms with Gasteiger partial charge in [0.15, 0.2) is 0 Å². The number of oxime groups is 1. The van der Waals surface area contributed by atoms with Crippen LogP contribution < -0.4 is 10.5 Å². The first-order valence-corrected chi connectivity index (χ1v) is 8.08. The number of nitrogens with zero attached hydrogens (tertiary/aromatic N) is 1. The largest absolute Gasteiger partial charge is 0.492 e. The van der Waals surface area contributed by atoms with Crippen molar-refractivity contribution in [1.29, 1.82) is 0 Å². The lowest BCUT2D eigenvalue weighted by atomic mass is 9.86. The first-order valence-electron chi connectivity index (χ1n) is 6.53. The monoisotopic (exact) mass is 396 g/mol. The summed E-state index contributed by atoms with van der Waals surface area (Å²) in [5, 5.41) is 12.8. The maximum absolute atomic E-state index is 8.71. The molecule has 0 bridgehead atoms. The van der Waals surface area contributed by atoms with E-state index in [1.54, 1.807) is 12.1 Å². The molecule has 0 aliphatic rings. The minimum absolute atomic E-state index is 0.242. The second-order valence-corrected chi connectivity index (χ2v) is 7.04. The molecule has 7 heteroatoms. The van der Waals surface area contributed by atoms with Gasteiger partial charge in [-0.1, -0.05) is 42.2 Å². The van der Waals surface area contributed by atoms with Gasteiger partial charge in [-0.3, -0.25) is 0 Å². The van der Waals surface area contributed by atoms with Crippen LogP contribution in [0.25, 0.3) is 0 Å². The number of halogens is 3. The molecule has 1 aromatic rings. The number of hydrogen-bond acceptors (Lipinski definition) is 3. The Morgan fingerprint density at radius 2 is 2.00 bits per heavy atom. The van der Waals surface area contributed by atoms with Crippen molar-refractivity contribution in [2.24, 2.45) is 16.3 Å². The maximum atomic E-state index is 8.71. The van der Waals surface area contributed by atoms with Gasteiger partial charge in [-0.2, -0.15) is 0 Å². The molecule has 0 heterocycles. The van der Waals surface area contributed by atoms with Gasteiger partial charge < -0.3 is 15.7 Å². The van der Waals surface area contributed by atoms with Crippen molar-refractivity contribution < 1.29 is 9.94 Å². The summed E-state index contributed by atoms with van der Waals surface area (Å²) in [6.07, 6.45) is 2.54. The van der Waals surface area contributed by atoms with Gasteiger partial charge in [-0.15, -0.1) is 0 Å². The fraction of sp³-hybridized carbons (Fsp3) is 0.500. The Morgan fingerprint density at radius 1 is 1.33 bits per heavy atom. The Labute approximate surface area is 143 Å². The van der Waals surface area contributed by atoms with Crippen LogP contribution in [-0.4, -0.2) is 17.6 Å². The van der Waals surface area contributed by atoms with E-state index in [1.807, 2.05) is 13.8 Å². The van der Waals surface area contributed by atoms with Crippen molar-refractivity contribution in [2.75, 3.05) is 6.61 Å². The van der Waals surface area contributed by atoms with E-state index in [9.17, 15) is 0 Å². The highest BCUT2D eigenvalue weighted by Gasteiger charge is 2.22. The average Bonchev–Trinajstić information content (AvgIpc) is 2.42. The van der Waals surface area contributed by atoms with Crippen LogP contribution in [0, 0.1) is 5.41 Å². The molecule has 0 aromatic heterocycles. The van der Waals surface area contributed by atoms with Crippen molar-refractivity contribution in [3.8, 4) is 5.75 Å². The van der Waals surface area contributed by atoms with Crippen molar-refractivity contribution in [3.05, 3.63) is 26.7 Å². The highest BCUT2D eigenvalue weighted by molar-refractivity contribution is 9.10. The van der Waals surface area contributed by atoms with Crippen LogP contribution >= 0.6 is 39.1 Å². The van der Waals surface area contributed by atoms with Crippen LogP contribution in [0.4, 0.5) is 0 Å². The molecule has 0 unspecified atom stereocenters. The van der Waals surface area contributed by atoms with E-state index in [2.05, 4.69) is 21.1 Å². The normalized spacial score (nSPS) is 12.5. The molecular formula is C14H19BrCl2N2O2. The Kier molecular flexibility index (Phi) is 7.10.